The summed E-state index contributed by atoms with van der Waals surface area (Å²) >= 11 is 8.31. The molecule has 192 valence electrons. The molecule has 2 aromatic carbocycles. The van der Waals surface area contributed by atoms with Gasteiger partial charge in [-0.2, -0.15) is 0 Å². The Labute approximate surface area is 233 Å². The number of hydrogen-bond acceptors (Lipinski definition) is 8. The van der Waals surface area contributed by atoms with Gasteiger partial charge in [0.05, 0.1) is 39.5 Å². The topological polar surface area (TPSA) is 88.4 Å². The summed E-state index contributed by atoms with van der Waals surface area (Å²) in [6, 6.07) is 8.43. The first-order chi connectivity index (χ1) is 17.8. The number of allylic oxidation sites excluding steroid dienone is 1. The minimum Gasteiger partial charge on any atom is -0.492 e. The van der Waals surface area contributed by atoms with Crippen molar-refractivity contribution in [2.24, 2.45) is 4.99 Å². The van der Waals surface area contributed by atoms with Gasteiger partial charge < -0.3 is 18.9 Å². The maximum absolute atomic E-state index is 13.9. The molecule has 0 saturated carbocycles. The first-order valence-corrected chi connectivity index (χ1v) is 13.9. The quantitative estimate of drug-likeness (QED) is 0.367. The zero-order chi connectivity index (χ0) is 26.3. The Hall–Kier alpha value is -2.89. The highest BCUT2D eigenvalue weighted by molar-refractivity contribution is 9.11. The van der Waals surface area contributed by atoms with Crippen LogP contribution in [0.5, 0.6) is 17.2 Å². The van der Waals surface area contributed by atoms with Crippen molar-refractivity contribution in [2.45, 2.75) is 26.8 Å². The predicted molar refractivity (Wildman–Crippen MR) is 146 cm³/mol. The summed E-state index contributed by atoms with van der Waals surface area (Å²) in [5.74, 6) is 1.28. The lowest BCUT2D eigenvalue weighted by molar-refractivity contribution is -0.139. The third-order valence-corrected chi connectivity index (χ3v) is 7.87. The third kappa shape index (κ3) is 4.75. The lowest BCUT2D eigenvalue weighted by atomic mass is 9.95. The molecule has 0 amide bonds. The van der Waals surface area contributed by atoms with E-state index in [2.05, 4.69) is 36.9 Å². The molecule has 1 atom stereocenters. The summed E-state index contributed by atoms with van der Waals surface area (Å²) in [5, 5.41) is 0. The molecule has 8 nitrogen and oxygen atoms in total. The molecule has 0 saturated heterocycles. The summed E-state index contributed by atoms with van der Waals surface area (Å²) in [5.41, 5.74) is 1.94. The Morgan fingerprint density at radius 2 is 1.97 bits per heavy atom. The fourth-order valence-corrected chi connectivity index (χ4v) is 6.73. The van der Waals surface area contributed by atoms with Crippen LogP contribution in [0.3, 0.4) is 0 Å². The van der Waals surface area contributed by atoms with Gasteiger partial charge in [0, 0.05) is 10.0 Å². The second-order valence-electron chi connectivity index (χ2n) is 8.15. The number of aromatic nitrogens is 1. The van der Waals surface area contributed by atoms with Crippen molar-refractivity contribution in [1.82, 2.24) is 4.57 Å². The number of benzene rings is 2. The van der Waals surface area contributed by atoms with Gasteiger partial charge in [0.15, 0.2) is 16.3 Å². The number of rotatable bonds is 6. The van der Waals surface area contributed by atoms with E-state index in [-0.39, 0.29) is 19.0 Å². The van der Waals surface area contributed by atoms with Gasteiger partial charge >= 0.3 is 5.97 Å². The van der Waals surface area contributed by atoms with E-state index in [0.717, 1.165) is 14.5 Å². The van der Waals surface area contributed by atoms with E-state index >= 15 is 0 Å². The van der Waals surface area contributed by atoms with Gasteiger partial charge in [0.25, 0.3) is 5.56 Å². The van der Waals surface area contributed by atoms with Gasteiger partial charge in [-0.05, 0) is 72.6 Å². The number of carbonyl (C=O) groups excluding carboxylic acids is 1. The van der Waals surface area contributed by atoms with Gasteiger partial charge in [-0.3, -0.25) is 9.36 Å². The number of hydrogen-bond donors (Lipinski definition) is 0. The van der Waals surface area contributed by atoms with Crippen LogP contribution in [0.15, 0.2) is 60.3 Å². The molecule has 2 aliphatic heterocycles. The standard InChI is InChI=1S/C26H22Br2N2O6S/c1-4-33-23-15(8-16(27)11-17(23)28)10-20-24(31)30-22(14-6-7-18-19(9-14)36-12-35-18)21(25(32)34-5-2)13(3)29-26(30)37-20/h6-11,22H,4-5,12H2,1-3H3/b20-10-/t22-/m0/s1. The van der Waals surface area contributed by atoms with E-state index in [1.54, 1.807) is 36.6 Å². The molecule has 1 aromatic heterocycles. The van der Waals surface area contributed by atoms with E-state index in [1.165, 1.54) is 11.3 Å². The summed E-state index contributed by atoms with van der Waals surface area (Å²) in [4.78, 5) is 32.1. The van der Waals surface area contributed by atoms with E-state index in [9.17, 15) is 9.59 Å². The predicted octanol–water partition coefficient (Wildman–Crippen LogP) is 4.45. The largest absolute Gasteiger partial charge is 0.492 e. The van der Waals surface area contributed by atoms with Crippen molar-refractivity contribution in [1.29, 1.82) is 0 Å². The van der Waals surface area contributed by atoms with Crippen LogP contribution >= 0.6 is 43.2 Å². The average molecular weight is 650 g/mol. The number of thiazole rings is 1. The zero-order valence-electron chi connectivity index (χ0n) is 20.2. The summed E-state index contributed by atoms with van der Waals surface area (Å²) in [6.07, 6.45) is 1.78. The van der Waals surface area contributed by atoms with Crippen molar-refractivity contribution >= 4 is 55.2 Å². The van der Waals surface area contributed by atoms with Crippen LogP contribution in [0.25, 0.3) is 6.08 Å². The number of carbonyl (C=O) groups is 1. The van der Waals surface area contributed by atoms with Gasteiger partial charge in [-0.1, -0.05) is 33.3 Å². The molecular weight excluding hydrogens is 628 g/mol. The van der Waals surface area contributed by atoms with Crippen molar-refractivity contribution in [3.63, 3.8) is 0 Å². The van der Waals surface area contributed by atoms with E-state index < -0.39 is 12.0 Å². The van der Waals surface area contributed by atoms with Crippen LogP contribution in [0.2, 0.25) is 0 Å². The highest BCUT2D eigenvalue weighted by Crippen LogP contribution is 2.38. The number of fused-ring (bicyclic) bond motifs is 2. The third-order valence-electron chi connectivity index (χ3n) is 5.84. The molecule has 0 aliphatic carbocycles. The normalized spacial score (nSPS) is 16.5. The first-order valence-electron chi connectivity index (χ1n) is 11.5. The number of halogens is 2. The Balaban J connectivity index is 1.74. The number of esters is 1. The molecule has 2 aliphatic rings. The van der Waals surface area contributed by atoms with Gasteiger partial charge in [-0.25, -0.2) is 9.79 Å². The molecule has 0 fully saturated rings. The van der Waals surface area contributed by atoms with Gasteiger partial charge in [0.2, 0.25) is 6.79 Å². The van der Waals surface area contributed by atoms with Crippen molar-refractivity contribution in [3.05, 3.63) is 81.4 Å². The molecule has 3 aromatic rings. The molecule has 11 heteroatoms. The lowest BCUT2D eigenvalue weighted by Gasteiger charge is -2.24. The monoisotopic (exact) mass is 648 g/mol. The maximum Gasteiger partial charge on any atom is 0.338 e. The minimum absolute atomic E-state index is 0.117. The molecular formula is C26H22Br2N2O6S. The smallest absolute Gasteiger partial charge is 0.338 e. The molecule has 3 heterocycles. The summed E-state index contributed by atoms with van der Waals surface area (Å²) < 4.78 is 25.8. The van der Waals surface area contributed by atoms with Crippen LogP contribution in [0.4, 0.5) is 0 Å². The lowest BCUT2D eigenvalue weighted by Crippen LogP contribution is -2.39. The Kier molecular flexibility index (Phi) is 7.28. The molecule has 0 unspecified atom stereocenters. The minimum atomic E-state index is -0.743. The van der Waals surface area contributed by atoms with Crippen LogP contribution in [-0.4, -0.2) is 30.5 Å². The van der Waals surface area contributed by atoms with E-state index in [0.29, 0.717) is 50.0 Å². The SMILES string of the molecule is CCOC(=O)C1=C(C)N=c2s/c(=C\c3cc(Br)cc(Br)c3OCC)c(=O)n2[C@H]1c1ccc2c(c1)OCO2. The van der Waals surface area contributed by atoms with Crippen molar-refractivity contribution in [3.8, 4) is 17.2 Å². The highest BCUT2D eigenvalue weighted by Gasteiger charge is 2.34. The first kappa shape index (κ1) is 25.7. The Bertz CT molecular complexity index is 1620. The van der Waals surface area contributed by atoms with E-state index in [4.69, 9.17) is 18.9 Å². The van der Waals surface area contributed by atoms with Gasteiger partial charge in [-0.15, -0.1) is 0 Å². The van der Waals surface area contributed by atoms with Crippen molar-refractivity contribution < 1.29 is 23.7 Å². The van der Waals surface area contributed by atoms with Crippen LogP contribution in [0, 0.1) is 0 Å². The fourth-order valence-electron chi connectivity index (χ4n) is 4.32. The molecule has 0 N–H and O–H groups in total. The maximum atomic E-state index is 13.9. The second-order valence-corrected chi connectivity index (χ2v) is 10.9. The Morgan fingerprint density at radius 1 is 1.19 bits per heavy atom. The van der Waals surface area contributed by atoms with Crippen LogP contribution in [-0.2, 0) is 9.53 Å². The average Bonchev–Trinajstić information content (AvgIpc) is 3.44. The highest BCUT2D eigenvalue weighted by atomic mass is 79.9. The number of nitrogens with zero attached hydrogens (tertiary/aromatic N) is 2. The van der Waals surface area contributed by atoms with Crippen molar-refractivity contribution in [2.75, 3.05) is 20.0 Å². The van der Waals surface area contributed by atoms with Gasteiger partial charge in [0.1, 0.15) is 5.75 Å². The molecule has 0 bridgehead atoms. The Morgan fingerprint density at radius 3 is 2.73 bits per heavy atom. The zero-order valence-corrected chi connectivity index (χ0v) is 24.2. The van der Waals surface area contributed by atoms with Crippen LogP contribution < -0.4 is 29.1 Å². The fraction of sp³-hybridized carbons (Fsp3) is 0.269. The second kappa shape index (κ2) is 10.5. The summed E-state index contributed by atoms with van der Waals surface area (Å²) in [7, 11) is 0. The van der Waals surface area contributed by atoms with Crippen LogP contribution in [0.1, 0.15) is 37.9 Å². The molecule has 37 heavy (non-hydrogen) atoms. The molecule has 5 rings (SSSR count). The summed E-state index contributed by atoms with van der Waals surface area (Å²) in [6.45, 7) is 6.18. The van der Waals surface area contributed by atoms with E-state index in [1.807, 2.05) is 25.1 Å². The molecule has 0 radical (unpaired) electrons. The number of ether oxygens (including phenoxy) is 4. The molecule has 0 spiro atoms.